The van der Waals surface area contributed by atoms with Crippen molar-refractivity contribution >= 4 is 44.3 Å². The standard InChI is InChI=1S/C53H38N4/c1-35-29-39(34-47-45-22-12-13-23-49(45)56(52(35)47)43-19-9-4-10-20-43)38-25-26-51-46(33-38)44-21-11-14-24-50(44)57(51)53-54-28-27-48(55-53)42-31-40(36-15-5-2-6-16-36)30-41(32-42)37-17-7-3-8-18-37/h2-35,52H,1H3. The average molecular weight is 731 g/mol. The molecule has 0 radical (unpaired) electrons. The van der Waals surface area contributed by atoms with Gasteiger partial charge in [-0.15, -0.1) is 0 Å². The molecule has 1 aliphatic heterocycles. The van der Waals surface area contributed by atoms with Crippen LogP contribution in [0.4, 0.5) is 11.4 Å². The Morgan fingerprint density at radius 1 is 0.509 bits per heavy atom. The third-order valence-corrected chi connectivity index (χ3v) is 11.6. The van der Waals surface area contributed by atoms with E-state index in [1.165, 1.54) is 55.5 Å². The molecular weight excluding hydrogens is 693 g/mol. The van der Waals surface area contributed by atoms with E-state index >= 15 is 0 Å². The van der Waals surface area contributed by atoms with E-state index < -0.39 is 0 Å². The Kier molecular flexibility index (Phi) is 7.82. The zero-order chi connectivity index (χ0) is 37.9. The van der Waals surface area contributed by atoms with Crippen LogP contribution in [0.25, 0.3) is 72.4 Å². The number of fused-ring (bicyclic) bond motifs is 6. The number of para-hydroxylation sites is 3. The Morgan fingerprint density at radius 3 is 1.89 bits per heavy atom. The molecule has 2 aliphatic rings. The minimum Gasteiger partial charge on any atom is -0.333 e. The lowest BCUT2D eigenvalue weighted by atomic mass is 9.83. The van der Waals surface area contributed by atoms with Crippen LogP contribution < -0.4 is 4.90 Å². The van der Waals surface area contributed by atoms with Gasteiger partial charge in [0.25, 0.3) is 0 Å². The maximum Gasteiger partial charge on any atom is 0.235 e. The van der Waals surface area contributed by atoms with Gasteiger partial charge in [-0.2, -0.15) is 0 Å². The van der Waals surface area contributed by atoms with E-state index in [2.05, 4.69) is 204 Å². The van der Waals surface area contributed by atoms with Crippen LogP contribution >= 0.6 is 0 Å². The highest BCUT2D eigenvalue weighted by Crippen LogP contribution is 2.50. The lowest BCUT2D eigenvalue weighted by Gasteiger charge is -2.33. The number of nitrogens with zero attached hydrogens (tertiary/aromatic N) is 4. The molecule has 0 amide bonds. The summed E-state index contributed by atoms with van der Waals surface area (Å²) < 4.78 is 2.22. The van der Waals surface area contributed by atoms with E-state index in [1.54, 1.807) is 0 Å². The van der Waals surface area contributed by atoms with Crippen LogP contribution in [0.15, 0.2) is 200 Å². The number of aromatic nitrogens is 3. The normalized spacial score (nSPS) is 16.0. The molecule has 0 bridgehead atoms. The number of hydrogen-bond donors (Lipinski definition) is 0. The average Bonchev–Trinajstić information content (AvgIpc) is 3.80. The first-order valence-corrected chi connectivity index (χ1v) is 19.7. The van der Waals surface area contributed by atoms with Crippen molar-refractivity contribution in [1.82, 2.24) is 14.5 Å². The highest BCUT2D eigenvalue weighted by Gasteiger charge is 2.39. The van der Waals surface area contributed by atoms with Crippen molar-refractivity contribution in [2.24, 2.45) is 5.92 Å². The molecule has 4 nitrogen and oxygen atoms in total. The molecule has 57 heavy (non-hydrogen) atoms. The van der Waals surface area contributed by atoms with Crippen molar-refractivity contribution in [3.8, 4) is 39.5 Å². The second kappa shape index (κ2) is 13.5. The number of hydrogen-bond acceptors (Lipinski definition) is 3. The zero-order valence-electron chi connectivity index (χ0n) is 31.5. The summed E-state index contributed by atoms with van der Waals surface area (Å²) in [6.45, 7) is 2.35. The molecule has 0 saturated carbocycles. The fourth-order valence-corrected chi connectivity index (χ4v) is 9.07. The second-order valence-corrected chi connectivity index (χ2v) is 15.1. The van der Waals surface area contributed by atoms with Crippen molar-refractivity contribution in [3.63, 3.8) is 0 Å². The number of benzene rings is 7. The minimum atomic E-state index is 0.237. The first-order valence-electron chi connectivity index (χ1n) is 19.7. The summed E-state index contributed by atoms with van der Waals surface area (Å²) in [6.07, 6.45) is 6.77. The molecule has 0 spiro atoms. The van der Waals surface area contributed by atoms with Crippen molar-refractivity contribution < 1.29 is 0 Å². The fraction of sp³-hybridized carbons (Fsp3) is 0.0566. The summed E-state index contributed by atoms with van der Waals surface area (Å²) in [5.41, 5.74) is 16.4. The quantitative estimate of drug-likeness (QED) is 0.171. The largest absolute Gasteiger partial charge is 0.333 e. The maximum atomic E-state index is 5.29. The zero-order valence-corrected chi connectivity index (χ0v) is 31.5. The fourth-order valence-electron chi connectivity index (χ4n) is 9.07. The van der Waals surface area contributed by atoms with Crippen LogP contribution in [0, 0.1) is 5.92 Å². The molecule has 9 aromatic rings. The summed E-state index contributed by atoms with van der Waals surface area (Å²) in [5.74, 6) is 0.945. The Morgan fingerprint density at radius 2 is 1.14 bits per heavy atom. The SMILES string of the molecule is CC1C=C(c2ccc3c(c2)c2ccccc2n3-c2nccc(-c3cc(-c4ccccc4)cc(-c4ccccc4)c3)n2)C=C2c3ccccc3N(c3ccccc3)C21. The molecule has 4 heteroatoms. The monoisotopic (exact) mass is 730 g/mol. The lowest BCUT2D eigenvalue weighted by Crippen LogP contribution is -2.33. The van der Waals surface area contributed by atoms with Gasteiger partial charge in [-0.25, -0.2) is 9.97 Å². The van der Waals surface area contributed by atoms with Gasteiger partial charge in [0.1, 0.15) is 0 Å². The van der Waals surface area contributed by atoms with Gasteiger partial charge in [0, 0.05) is 39.5 Å². The first-order chi connectivity index (χ1) is 28.2. The summed E-state index contributed by atoms with van der Waals surface area (Å²) in [7, 11) is 0. The summed E-state index contributed by atoms with van der Waals surface area (Å²) >= 11 is 0. The van der Waals surface area contributed by atoms with Crippen LogP contribution in [-0.4, -0.2) is 20.6 Å². The summed E-state index contributed by atoms with van der Waals surface area (Å²) in [4.78, 5) is 12.7. The molecule has 270 valence electrons. The smallest absolute Gasteiger partial charge is 0.235 e. The predicted octanol–water partition coefficient (Wildman–Crippen LogP) is 13.2. The van der Waals surface area contributed by atoms with Gasteiger partial charge in [-0.3, -0.25) is 4.57 Å². The van der Waals surface area contributed by atoms with Gasteiger partial charge >= 0.3 is 0 Å². The Bertz CT molecular complexity index is 2970. The topological polar surface area (TPSA) is 34.0 Å². The van der Waals surface area contributed by atoms with Crippen LogP contribution in [0.3, 0.4) is 0 Å². The summed E-state index contributed by atoms with van der Waals surface area (Å²) in [6, 6.07) is 65.3. The summed E-state index contributed by atoms with van der Waals surface area (Å²) in [5, 5.41) is 2.36. The number of allylic oxidation sites excluding steroid dienone is 2. The van der Waals surface area contributed by atoms with Crippen molar-refractivity contribution in [2.45, 2.75) is 13.0 Å². The Balaban J connectivity index is 1.02. The molecular formula is C53H38N4. The molecule has 1 aliphatic carbocycles. The first kappa shape index (κ1) is 33.1. The highest BCUT2D eigenvalue weighted by atomic mass is 15.2. The third kappa shape index (κ3) is 5.60. The van der Waals surface area contributed by atoms with E-state index in [0.29, 0.717) is 11.9 Å². The molecule has 0 saturated heterocycles. The van der Waals surface area contributed by atoms with E-state index in [9.17, 15) is 0 Å². The van der Waals surface area contributed by atoms with Crippen LogP contribution in [-0.2, 0) is 0 Å². The molecule has 11 rings (SSSR count). The van der Waals surface area contributed by atoms with E-state index in [0.717, 1.165) is 33.4 Å². The van der Waals surface area contributed by atoms with E-state index in [1.807, 2.05) is 12.3 Å². The lowest BCUT2D eigenvalue weighted by molar-refractivity contribution is 0.639. The second-order valence-electron chi connectivity index (χ2n) is 15.1. The molecule has 2 atom stereocenters. The molecule has 0 fully saturated rings. The third-order valence-electron chi connectivity index (χ3n) is 11.6. The number of anilines is 2. The van der Waals surface area contributed by atoms with Gasteiger partial charge in [0.2, 0.25) is 5.95 Å². The van der Waals surface area contributed by atoms with Gasteiger partial charge in [-0.05, 0) is 112 Å². The van der Waals surface area contributed by atoms with Crippen molar-refractivity contribution in [2.75, 3.05) is 4.90 Å². The van der Waals surface area contributed by atoms with E-state index in [4.69, 9.17) is 9.97 Å². The highest BCUT2D eigenvalue weighted by molar-refractivity contribution is 6.10. The molecule has 2 aromatic heterocycles. The number of rotatable bonds is 6. The van der Waals surface area contributed by atoms with Crippen LogP contribution in [0.5, 0.6) is 0 Å². The van der Waals surface area contributed by atoms with Crippen LogP contribution in [0.1, 0.15) is 18.1 Å². The maximum absolute atomic E-state index is 5.29. The Labute approximate surface area is 332 Å². The predicted molar refractivity (Wildman–Crippen MR) is 237 cm³/mol. The molecule has 7 aromatic carbocycles. The minimum absolute atomic E-state index is 0.237. The van der Waals surface area contributed by atoms with E-state index in [-0.39, 0.29) is 6.04 Å². The van der Waals surface area contributed by atoms with Gasteiger partial charge < -0.3 is 4.90 Å². The Hall–Kier alpha value is -7.30. The molecule has 2 unspecified atom stereocenters. The van der Waals surface area contributed by atoms with Gasteiger partial charge in [-0.1, -0.05) is 134 Å². The molecule has 3 heterocycles. The van der Waals surface area contributed by atoms with Gasteiger partial charge in [0.15, 0.2) is 0 Å². The van der Waals surface area contributed by atoms with Crippen molar-refractivity contribution in [1.29, 1.82) is 0 Å². The molecule has 0 N–H and O–H groups in total. The van der Waals surface area contributed by atoms with Crippen molar-refractivity contribution in [3.05, 3.63) is 211 Å². The van der Waals surface area contributed by atoms with Crippen LogP contribution in [0.2, 0.25) is 0 Å². The van der Waals surface area contributed by atoms with Gasteiger partial charge in [0.05, 0.1) is 22.8 Å².